The van der Waals surface area contributed by atoms with Gasteiger partial charge in [-0.25, -0.2) is 0 Å². The van der Waals surface area contributed by atoms with E-state index < -0.39 is 5.41 Å². The summed E-state index contributed by atoms with van der Waals surface area (Å²) in [6, 6.07) is 87.1. The molecule has 1 spiro atoms. The van der Waals surface area contributed by atoms with Crippen LogP contribution in [0, 0.1) is 0 Å². The second-order valence-electron chi connectivity index (χ2n) is 20.6. The molecular formula is C70H50N2. The molecule has 4 aliphatic rings. The fraction of sp³-hybridized carbons (Fsp3) is 0.0857. The van der Waals surface area contributed by atoms with Gasteiger partial charge in [0.15, 0.2) is 0 Å². The number of hydrogen-bond donors (Lipinski definition) is 0. The summed E-state index contributed by atoms with van der Waals surface area (Å²) in [5.41, 5.74) is 28.5. The largest absolute Gasteiger partial charge is 0.310 e. The molecule has 0 fully saturated rings. The monoisotopic (exact) mass is 918 g/mol. The molecular weight excluding hydrogens is 869 g/mol. The van der Waals surface area contributed by atoms with Crippen LogP contribution in [-0.2, 0) is 17.3 Å². The molecule has 0 amide bonds. The van der Waals surface area contributed by atoms with Crippen molar-refractivity contribution < 1.29 is 0 Å². The van der Waals surface area contributed by atoms with Crippen molar-refractivity contribution >= 4 is 34.0 Å². The number of anilines is 3. The number of aryl methyl sites for hydroxylation is 1. The van der Waals surface area contributed by atoms with Crippen LogP contribution in [0.2, 0.25) is 0 Å². The van der Waals surface area contributed by atoms with Crippen LogP contribution in [0.1, 0.15) is 64.9 Å². The van der Waals surface area contributed by atoms with Gasteiger partial charge in [-0.15, -0.1) is 0 Å². The maximum absolute atomic E-state index is 2.54. The number of rotatable bonds is 5. The number of para-hydroxylation sites is 1. The molecule has 2 heteroatoms. The first-order valence-corrected chi connectivity index (χ1v) is 25.6. The molecule has 11 aromatic rings. The maximum atomic E-state index is 2.54. The molecule has 0 saturated carbocycles. The molecule has 0 bridgehead atoms. The van der Waals surface area contributed by atoms with Crippen LogP contribution in [0.5, 0.6) is 0 Å². The van der Waals surface area contributed by atoms with Crippen molar-refractivity contribution in [2.45, 2.75) is 37.5 Å². The van der Waals surface area contributed by atoms with Crippen LogP contribution in [0.25, 0.3) is 78.3 Å². The lowest BCUT2D eigenvalue weighted by Crippen LogP contribution is -2.29. The Morgan fingerprint density at radius 1 is 0.417 bits per heavy atom. The summed E-state index contributed by atoms with van der Waals surface area (Å²) in [6.07, 6.45) is 6.79. The Bertz CT molecular complexity index is 4000. The standard InChI is InChI=1S/C70H50N2/c1-69(2)59-26-11-5-22-54(59)55-43-42-49(44-64(55)69)71(47-38-34-45(35-39-47)46-36-40-48(41-37-46)72-65-31-15-9-23-56(65)57-24-10-16-32-66(57)72)67-33-17-30-63-68(67)58-25-8-14-29-62(58)70(63)60-27-12-6-20-52(60)50-18-3-4-19-51(50)53-21-7-13-28-61(53)70/h3-9,11-23,25-44H,10,24H2,1-2H3. The molecule has 0 radical (unpaired) electrons. The van der Waals surface area contributed by atoms with Crippen LogP contribution < -0.4 is 4.90 Å². The van der Waals surface area contributed by atoms with Gasteiger partial charge in [-0.2, -0.15) is 0 Å². The number of allylic oxidation sites excluding steroid dienone is 1. The van der Waals surface area contributed by atoms with Gasteiger partial charge < -0.3 is 9.47 Å². The summed E-state index contributed by atoms with van der Waals surface area (Å²) in [5.74, 6) is 0. The zero-order valence-corrected chi connectivity index (χ0v) is 40.4. The molecule has 2 nitrogen and oxygen atoms in total. The Balaban J connectivity index is 0.925. The first-order chi connectivity index (χ1) is 35.5. The van der Waals surface area contributed by atoms with E-state index in [1.165, 1.54) is 117 Å². The van der Waals surface area contributed by atoms with Crippen LogP contribution in [-0.4, -0.2) is 4.57 Å². The average molecular weight is 919 g/mol. The van der Waals surface area contributed by atoms with E-state index in [0.29, 0.717) is 0 Å². The van der Waals surface area contributed by atoms with E-state index >= 15 is 0 Å². The first-order valence-electron chi connectivity index (χ1n) is 25.6. The van der Waals surface area contributed by atoms with Crippen molar-refractivity contribution in [3.05, 3.63) is 281 Å². The number of nitrogens with zero attached hydrogens (tertiary/aromatic N) is 2. The van der Waals surface area contributed by atoms with Gasteiger partial charge in [0, 0.05) is 39.1 Å². The van der Waals surface area contributed by atoms with Crippen molar-refractivity contribution in [2.75, 3.05) is 4.90 Å². The Morgan fingerprint density at radius 3 is 1.61 bits per heavy atom. The van der Waals surface area contributed by atoms with Gasteiger partial charge in [-0.3, -0.25) is 0 Å². The molecule has 15 rings (SSSR count). The van der Waals surface area contributed by atoms with Gasteiger partial charge in [0.2, 0.25) is 0 Å². The van der Waals surface area contributed by atoms with Crippen molar-refractivity contribution in [3.63, 3.8) is 0 Å². The fourth-order valence-corrected chi connectivity index (χ4v) is 13.6. The summed E-state index contributed by atoms with van der Waals surface area (Å²) < 4.78 is 2.44. The minimum atomic E-state index is -0.583. The molecule has 0 atom stereocenters. The zero-order chi connectivity index (χ0) is 47.7. The van der Waals surface area contributed by atoms with Crippen molar-refractivity contribution in [3.8, 4) is 61.3 Å². The number of fused-ring (bicyclic) bond motifs is 18. The van der Waals surface area contributed by atoms with Gasteiger partial charge in [-0.1, -0.05) is 202 Å². The number of hydrogen-bond acceptors (Lipinski definition) is 1. The Morgan fingerprint density at radius 2 is 0.931 bits per heavy atom. The van der Waals surface area contributed by atoms with Crippen molar-refractivity contribution in [1.29, 1.82) is 0 Å². The third-order valence-corrected chi connectivity index (χ3v) is 16.7. The summed E-state index contributed by atoms with van der Waals surface area (Å²) in [6.45, 7) is 4.77. The topological polar surface area (TPSA) is 8.17 Å². The lowest BCUT2D eigenvalue weighted by atomic mass is 9.66. The lowest BCUT2D eigenvalue weighted by molar-refractivity contribution is 0.660. The second kappa shape index (κ2) is 15.4. The lowest BCUT2D eigenvalue weighted by Gasteiger charge is -2.36. The maximum Gasteiger partial charge on any atom is 0.0726 e. The van der Waals surface area contributed by atoms with Gasteiger partial charge in [0.1, 0.15) is 0 Å². The molecule has 4 aliphatic carbocycles. The number of aromatic nitrogens is 1. The van der Waals surface area contributed by atoms with Crippen LogP contribution in [0.15, 0.2) is 237 Å². The highest BCUT2D eigenvalue weighted by atomic mass is 15.1. The van der Waals surface area contributed by atoms with Gasteiger partial charge in [0.05, 0.1) is 16.6 Å². The van der Waals surface area contributed by atoms with E-state index in [0.717, 1.165) is 29.9 Å². The fourth-order valence-electron chi connectivity index (χ4n) is 13.6. The van der Waals surface area contributed by atoms with E-state index in [1.54, 1.807) is 0 Å². The van der Waals surface area contributed by atoms with Crippen molar-refractivity contribution in [1.82, 2.24) is 4.57 Å². The average Bonchev–Trinajstić information content (AvgIpc) is 4.00. The molecule has 340 valence electrons. The highest BCUT2D eigenvalue weighted by Gasteiger charge is 2.50. The summed E-state index contributed by atoms with van der Waals surface area (Å²) in [4.78, 5) is 2.54. The van der Waals surface area contributed by atoms with E-state index in [-0.39, 0.29) is 5.41 Å². The van der Waals surface area contributed by atoms with Crippen LogP contribution >= 0.6 is 0 Å². The summed E-state index contributed by atoms with van der Waals surface area (Å²) in [7, 11) is 0. The van der Waals surface area contributed by atoms with Gasteiger partial charge in [0.25, 0.3) is 0 Å². The Kier molecular flexibility index (Phi) is 8.78. The highest BCUT2D eigenvalue weighted by molar-refractivity contribution is 6.02. The summed E-state index contributed by atoms with van der Waals surface area (Å²) in [5, 5.41) is 1.36. The quantitative estimate of drug-likeness (QED) is 0.167. The molecule has 0 unspecified atom stereocenters. The highest BCUT2D eigenvalue weighted by Crippen LogP contribution is 2.64. The Labute approximate surface area is 421 Å². The predicted molar refractivity (Wildman–Crippen MR) is 300 cm³/mol. The molecule has 10 aromatic carbocycles. The van der Waals surface area contributed by atoms with E-state index in [1.807, 2.05) is 0 Å². The molecule has 1 aromatic heterocycles. The smallest absolute Gasteiger partial charge is 0.0726 e. The predicted octanol–water partition coefficient (Wildman–Crippen LogP) is 18.0. The third kappa shape index (κ3) is 5.61. The first kappa shape index (κ1) is 41.1. The van der Waals surface area contributed by atoms with Gasteiger partial charge in [-0.05, 0) is 156 Å². The molecule has 1 heterocycles. The molecule has 0 saturated heterocycles. The Hall–Kier alpha value is -8.72. The SMILES string of the molecule is CC1(C)c2ccccc2-c2ccc(N(c3ccc(-c4ccc(-n5c6c(c7ccccc75)CCC=C6)cc4)cc3)c3cccc4c3-c3ccccc3C43c4ccccc4-c4ccccc4-c4ccccc43)cc21. The number of benzene rings is 10. The molecule has 0 N–H and O–H groups in total. The second-order valence-corrected chi connectivity index (χ2v) is 20.6. The van der Waals surface area contributed by atoms with E-state index in [4.69, 9.17) is 0 Å². The van der Waals surface area contributed by atoms with Gasteiger partial charge >= 0.3 is 0 Å². The molecule has 72 heavy (non-hydrogen) atoms. The minimum absolute atomic E-state index is 0.162. The molecule has 0 aliphatic heterocycles. The van der Waals surface area contributed by atoms with Crippen LogP contribution in [0.3, 0.4) is 0 Å². The zero-order valence-electron chi connectivity index (χ0n) is 40.4. The van der Waals surface area contributed by atoms with E-state index in [9.17, 15) is 0 Å². The normalized spacial score (nSPS) is 14.6. The van der Waals surface area contributed by atoms with Crippen LogP contribution in [0.4, 0.5) is 17.1 Å². The third-order valence-electron chi connectivity index (χ3n) is 16.7. The van der Waals surface area contributed by atoms with E-state index in [2.05, 4.69) is 266 Å². The van der Waals surface area contributed by atoms with Crippen molar-refractivity contribution in [2.24, 2.45) is 0 Å². The minimum Gasteiger partial charge on any atom is -0.310 e. The summed E-state index contributed by atoms with van der Waals surface area (Å²) >= 11 is 0.